The maximum Gasteiger partial charge on any atom is 0.410 e. The molecule has 2 rings (SSSR count). The van der Waals surface area contributed by atoms with Crippen molar-refractivity contribution in [2.75, 3.05) is 13.1 Å². The first-order valence-corrected chi connectivity index (χ1v) is 8.07. The number of rotatable bonds is 3. The van der Waals surface area contributed by atoms with Crippen LogP contribution in [-0.2, 0) is 16.0 Å². The Bertz CT molecular complexity index is 626. The van der Waals surface area contributed by atoms with E-state index >= 15 is 0 Å². The number of amides is 1. The maximum absolute atomic E-state index is 13.4. The van der Waals surface area contributed by atoms with E-state index in [0.29, 0.717) is 24.9 Å². The lowest BCUT2D eigenvalue weighted by molar-refractivity contribution is -0.152. The number of benzene rings is 1. The predicted molar refractivity (Wildman–Crippen MR) is 87.2 cm³/mol. The third-order valence-electron chi connectivity index (χ3n) is 4.11. The summed E-state index contributed by atoms with van der Waals surface area (Å²) in [4.78, 5) is 25.7. The van der Waals surface area contributed by atoms with E-state index in [1.807, 2.05) is 0 Å². The van der Waals surface area contributed by atoms with Crippen LogP contribution >= 0.6 is 0 Å². The molecule has 1 N–H and O–H groups in total. The van der Waals surface area contributed by atoms with Crippen molar-refractivity contribution in [2.24, 2.45) is 5.41 Å². The summed E-state index contributed by atoms with van der Waals surface area (Å²) in [6.07, 6.45) is 0.686. The van der Waals surface area contributed by atoms with E-state index in [1.54, 1.807) is 32.9 Å². The van der Waals surface area contributed by atoms with Crippen LogP contribution in [0, 0.1) is 11.2 Å². The van der Waals surface area contributed by atoms with Gasteiger partial charge in [0.1, 0.15) is 11.4 Å². The highest BCUT2D eigenvalue weighted by Crippen LogP contribution is 2.35. The molecular weight excluding hydrogens is 313 g/mol. The van der Waals surface area contributed by atoms with Crippen molar-refractivity contribution in [3.05, 3.63) is 35.6 Å². The minimum Gasteiger partial charge on any atom is -0.481 e. The first-order chi connectivity index (χ1) is 11.1. The summed E-state index contributed by atoms with van der Waals surface area (Å²) in [5.74, 6) is -1.37. The topological polar surface area (TPSA) is 66.8 Å². The first kappa shape index (κ1) is 18.2. The minimum atomic E-state index is -1.12. The molecule has 0 unspecified atom stereocenters. The Morgan fingerprint density at radius 2 is 2.08 bits per heavy atom. The molecule has 1 fully saturated rings. The van der Waals surface area contributed by atoms with Gasteiger partial charge in [0.05, 0.1) is 5.41 Å². The molecule has 0 spiro atoms. The standard InChI is InChI=1S/C18H24FNO4/c1-17(2,3)24-16(23)20-9-5-8-18(12-20,15(21)22)11-13-6-4-7-14(19)10-13/h4,6-7,10H,5,8-9,11-12H2,1-3H3,(H,21,22)/t18-/m0/s1. The molecule has 132 valence electrons. The van der Waals surface area contributed by atoms with Crippen LogP contribution in [0.4, 0.5) is 9.18 Å². The lowest BCUT2D eigenvalue weighted by atomic mass is 9.75. The van der Waals surface area contributed by atoms with Gasteiger partial charge in [0.15, 0.2) is 0 Å². The Morgan fingerprint density at radius 1 is 1.38 bits per heavy atom. The molecule has 1 heterocycles. The molecule has 1 aromatic rings. The van der Waals surface area contributed by atoms with Crippen molar-refractivity contribution >= 4 is 12.1 Å². The Labute approximate surface area is 141 Å². The van der Waals surface area contributed by atoms with E-state index in [0.717, 1.165) is 0 Å². The average molecular weight is 337 g/mol. The van der Waals surface area contributed by atoms with Gasteiger partial charge >= 0.3 is 12.1 Å². The largest absolute Gasteiger partial charge is 0.481 e. The second kappa shape index (κ2) is 6.79. The number of hydrogen-bond acceptors (Lipinski definition) is 3. The molecule has 0 saturated carbocycles. The van der Waals surface area contributed by atoms with Crippen molar-refractivity contribution in [2.45, 2.75) is 45.6 Å². The number of hydrogen-bond donors (Lipinski definition) is 1. The summed E-state index contributed by atoms with van der Waals surface area (Å²) in [6.45, 7) is 5.84. The number of aliphatic carboxylic acids is 1. The van der Waals surface area contributed by atoms with Gasteiger partial charge in [-0.05, 0) is 57.7 Å². The number of piperidine rings is 1. The van der Waals surface area contributed by atoms with Crippen LogP contribution in [0.2, 0.25) is 0 Å². The van der Waals surface area contributed by atoms with Gasteiger partial charge in [-0.3, -0.25) is 4.79 Å². The molecule has 0 radical (unpaired) electrons. The Hall–Kier alpha value is -2.11. The van der Waals surface area contributed by atoms with Crippen molar-refractivity contribution in [1.82, 2.24) is 4.90 Å². The van der Waals surface area contributed by atoms with Gasteiger partial charge in [0.25, 0.3) is 0 Å². The molecule has 1 saturated heterocycles. The number of carboxylic acids is 1. The number of carbonyl (C=O) groups excluding carboxylic acids is 1. The molecule has 0 aromatic heterocycles. The first-order valence-electron chi connectivity index (χ1n) is 8.07. The summed E-state index contributed by atoms with van der Waals surface area (Å²) >= 11 is 0. The third-order valence-corrected chi connectivity index (χ3v) is 4.11. The van der Waals surface area contributed by atoms with Gasteiger partial charge in [-0.2, -0.15) is 0 Å². The zero-order valence-electron chi connectivity index (χ0n) is 14.3. The smallest absolute Gasteiger partial charge is 0.410 e. The highest BCUT2D eigenvalue weighted by molar-refractivity contribution is 5.77. The van der Waals surface area contributed by atoms with Gasteiger partial charge < -0.3 is 14.7 Å². The van der Waals surface area contributed by atoms with Crippen molar-refractivity contribution in [3.63, 3.8) is 0 Å². The molecular formula is C18H24FNO4. The quantitative estimate of drug-likeness (QED) is 0.917. The van der Waals surface area contributed by atoms with Gasteiger partial charge in [-0.25, -0.2) is 9.18 Å². The SMILES string of the molecule is CC(C)(C)OC(=O)N1CCC[C@@](Cc2cccc(F)c2)(C(=O)O)C1. The molecule has 1 aliphatic rings. The van der Waals surface area contributed by atoms with Crippen molar-refractivity contribution in [3.8, 4) is 0 Å². The molecule has 1 atom stereocenters. The fourth-order valence-electron chi connectivity index (χ4n) is 3.05. The number of carboxylic acid groups (broad SMARTS) is 1. The number of ether oxygens (including phenoxy) is 1. The Morgan fingerprint density at radius 3 is 2.67 bits per heavy atom. The number of carbonyl (C=O) groups is 2. The zero-order valence-corrected chi connectivity index (χ0v) is 14.3. The summed E-state index contributed by atoms with van der Waals surface area (Å²) in [5.41, 5.74) is -1.14. The molecule has 1 aliphatic heterocycles. The van der Waals surface area contributed by atoms with E-state index in [9.17, 15) is 19.1 Å². The van der Waals surface area contributed by atoms with Gasteiger partial charge in [-0.1, -0.05) is 12.1 Å². The third kappa shape index (κ3) is 4.46. The second-order valence-electron chi connectivity index (χ2n) is 7.40. The van der Waals surface area contributed by atoms with Gasteiger partial charge in [-0.15, -0.1) is 0 Å². The van der Waals surface area contributed by atoms with Crippen LogP contribution in [-0.4, -0.2) is 40.8 Å². The highest BCUT2D eigenvalue weighted by atomic mass is 19.1. The monoisotopic (exact) mass is 337 g/mol. The molecule has 0 aliphatic carbocycles. The average Bonchev–Trinajstić information content (AvgIpc) is 2.45. The fraction of sp³-hybridized carbons (Fsp3) is 0.556. The maximum atomic E-state index is 13.4. The van der Waals surface area contributed by atoms with Crippen LogP contribution in [0.1, 0.15) is 39.2 Å². The van der Waals surface area contributed by atoms with Crippen LogP contribution in [0.5, 0.6) is 0 Å². The van der Waals surface area contributed by atoms with Crippen LogP contribution < -0.4 is 0 Å². The Kier molecular flexibility index (Phi) is 5.16. The minimum absolute atomic E-state index is 0.0633. The summed E-state index contributed by atoms with van der Waals surface area (Å²) in [6, 6.07) is 5.94. The van der Waals surface area contributed by atoms with E-state index in [2.05, 4.69) is 0 Å². The van der Waals surface area contributed by atoms with Crippen LogP contribution in [0.15, 0.2) is 24.3 Å². The van der Waals surface area contributed by atoms with E-state index in [4.69, 9.17) is 4.74 Å². The fourth-order valence-corrected chi connectivity index (χ4v) is 3.05. The molecule has 24 heavy (non-hydrogen) atoms. The second-order valence-corrected chi connectivity index (χ2v) is 7.40. The van der Waals surface area contributed by atoms with Crippen LogP contribution in [0.3, 0.4) is 0 Å². The lowest BCUT2D eigenvalue weighted by Gasteiger charge is -2.40. The van der Waals surface area contributed by atoms with E-state index in [-0.39, 0.29) is 13.0 Å². The number of likely N-dealkylation sites (tertiary alicyclic amines) is 1. The summed E-state index contributed by atoms with van der Waals surface area (Å²) in [5, 5.41) is 9.78. The predicted octanol–water partition coefficient (Wildman–Crippen LogP) is 3.47. The van der Waals surface area contributed by atoms with Crippen molar-refractivity contribution < 1.29 is 23.8 Å². The van der Waals surface area contributed by atoms with Gasteiger partial charge in [0.2, 0.25) is 0 Å². The van der Waals surface area contributed by atoms with Crippen LogP contribution in [0.25, 0.3) is 0 Å². The summed E-state index contributed by atoms with van der Waals surface area (Å²) in [7, 11) is 0. The molecule has 6 heteroatoms. The molecule has 0 bridgehead atoms. The highest BCUT2D eigenvalue weighted by Gasteiger charge is 2.44. The summed E-state index contributed by atoms with van der Waals surface area (Å²) < 4.78 is 18.8. The lowest BCUT2D eigenvalue weighted by Crippen LogP contribution is -2.52. The van der Waals surface area contributed by atoms with Gasteiger partial charge in [0, 0.05) is 13.1 Å². The molecule has 1 amide bonds. The Balaban J connectivity index is 2.19. The zero-order chi connectivity index (χ0) is 18.0. The number of halogens is 1. The van der Waals surface area contributed by atoms with E-state index in [1.165, 1.54) is 17.0 Å². The molecule has 1 aromatic carbocycles. The molecule has 5 nitrogen and oxygen atoms in total. The number of nitrogens with zero attached hydrogens (tertiary/aromatic N) is 1. The normalized spacial score (nSPS) is 21.4. The van der Waals surface area contributed by atoms with Crippen molar-refractivity contribution in [1.29, 1.82) is 0 Å². The van der Waals surface area contributed by atoms with E-state index < -0.39 is 28.9 Å².